The molecule has 1 aliphatic rings. The standard InChI is InChI=1S/C27H31N/c1-27(2,19-18-21-12-6-3-7-13-21)26-24(22-14-8-4-9-15-22)20-25(28-26)23-16-10-5-11-17-23/h3-17,24-26,28H,18-20H2,1-2H3. The van der Waals surface area contributed by atoms with Gasteiger partial charge in [0.05, 0.1) is 0 Å². The Labute approximate surface area is 169 Å². The second kappa shape index (κ2) is 8.32. The molecule has 0 aromatic heterocycles. The van der Waals surface area contributed by atoms with Crippen molar-refractivity contribution in [3.63, 3.8) is 0 Å². The molecule has 1 saturated heterocycles. The fourth-order valence-corrected chi connectivity index (χ4v) is 4.77. The van der Waals surface area contributed by atoms with Gasteiger partial charge in [0.1, 0.15) is 0 Å². The summed E-state index contributed by atoms with van der Waals surface area (Å²) in [6, 6.07) is 33.8. The average molecular weight is 370 g/mol. The summed E-state index contributed by atoms with van der Waals surface area (Å²) in [5, 5.41) is 4.03. The quantitative estimate of drug-likeness (QED) is 0.521. The zero-order valence-corrected chi connectivity index (χ0v) is 17.0. The van der Waals surface area contributed by atoms with Crippen LogP contribution in [0.2, 0.25) is 0 Å². The van der Waals surface area contributed by atoms with Gasteiger partial charge in [-0.3, -0.25) is 0 Å². The Balaban J connectivity index is 1.57. The maximum absolute atomic E-state index is 4.03. The number of hydrogen-bond acceptors (Lipinski definition) is 1. The van der Waals surface area contributed by atoms with Gasteiger partial charge in [-0.25, -0.2) is 0 Å². The second-order valence-corrected chi connectivity index (χ2v) is 8.83. The minimum absolute atomic E-state index is 0.208. The van der Waals surface area contributed by atoms with Crippen LogP contribution in [0.25, 0.3) is 0 Å². The third-order valence-electron chi connectivity index (χ3n) is 6.45. The van der Waals surface area contributed by atoms with Crippen molar-refractivity contribution in [2.24, 2.45) is 5.41 Å². The van der Waals surface area contributed by atoms with Gasteiger partial charge >= 0.3 is 0 Å². The Morgan fingerprint density at radius 1 is 0.750 bits per heavy atom. The molecule has 1 heteroatoms. The van der Waals surface area contributed by atoms with Crippen LogP contribution >= 0.6 is 0 Å². The van der Waals surface area contributed by atoms with Crippen molar-refractivity contribution in [1.82, 2.24) is 5.32 Å². The van der Waals surface area contributed by atoms with E-state index in [0.717, 1.165) is 12.8 Å². The van der Waals surface area contributed by atoms with Crippen molar-refractivity contribution < 1.29 is 0 Å². The summed E-state index contributed by atoms with van der Waals surface area (Å²) in [4.78, 5) is 0. The van der Waals surface area contributed by atoms with E-state index >= 15 is 0 Å². The van der Waals surface area contributed by atoms with E-state index in [4.69, 9.17) is 0 Å². The highest BCUT2D eigenvalue weighted by molar-refractivity contribution is 5.29. The van der Waals surface area contributed by atoms with Gasteiger partial charge in [-0.05, 0) is 41.4 Å². The van der Waals surface area contributed by atoms with Gasteiger partial charge in [0.15, 0.2) is 0 Å². The Bertz CT molecular complexity index is 855. The van der Waals surface area contributed by atoms with Gasteiger partial charge in [-0.15, -0.1) is 0 Å². The molecule has 0 aliphatic carbocycles. The van der Waals surface area contributed by atoms with Gasteiger partial charge < -0.3 is 5.32 Å². The Kier molecular flexibility index (Phi) is 5.64. The maximum Gasteiger partial charge on any atom is 0.0329 e. The Morgan fingerprint density at radius 3 is 1.89 bits per heavy atom. The zero-order chi connectivity index (χ0) is 19.4. The van der Waals surface area contributed by atoms with E-state index in [0.29, 0.717) is 18.0 Å². The molecule has 0 amide bonds. The van der Waals surface area contributed by atoms with Crippen LogP contribution in [0.1, 0.15) is 55.3 Å². The minimum atomic E-state index is 0.208. The molecule has 1 aliphatic heterocycles. The molecular weight excluding hydrogens is 338 g/mol. The molecule has 1 fully saturated rings. The Hall–Kier alpha value is -2.38. The van der Waals surface area contributed by atoms with Crippen molar-refractivity contribution in [1.29, 1.82) is 0 Å². The van der Waals surface area contributed by atoms with Crippen molar-refractivity contribution in [2.75, 3.05) is 0 Å². The molecule has 0 spiro atoms. The lowest BCUT2D eigenvalue weighted by Crippen LogP contribution is -2.41. The number of hydrogen-bond donors (Lipinski definition) is 1. The van der Waals surface area contributed by atoms with Crippen LogP contribution in [-0.2, 0) is 6.42 Å². The van der Waals surface area contributed by atoms with Crippen molar-refractivity contribution in [3.05, 3.63) is 108 Å². The van der Waals surface area contributed by atoms with Crippen LogP contribution < -0.4 is 5.32 Å². The van der Waals surface area contributed by atoms with E-state index in [1.165, 1.54) is 23.1 Å². The molecule has 3 aromatic rings. The van der Waals surface area contributed by atoms with E-state index in [1.54, 1.807) is 0 Å². The predicted octanol–water partition coefficient (Wildman–Crippen LogP) is 6.53. The van der Waals surface area contributed by atoms with Gasteiger partial charge in [0.25, 0.3) is 0 Å². The first kappa shape index (κ1) is 19.0. The van der Waals surface area contributed by atoms with Crippen molar-refractivity contribution in [2.45, 2.75) is 51.1 Å². The molecule has 4 rings (SSSR count). The highest BCUT2D eigenvalue weighted by Crippen LogP contribution is 2.46. The highest BCUT2D eigenvalue weighted by atomic mass is 15.0. The first-order valence-corrected chi connectivity index (χ1v) is 10.5. The van der Waals surface area contributed by atoms with Crippen LogP contribution in [-0.4, -0.2) is 6.04 Å². The van der Waals surface area contributed by atoms with E-state index in [-0.39, 0.29) is 5.41 Å². The van der Waals surface area contributed by atoms with Gasteiger partial charge in [0.2, 0.25) is 0 Å². The monoisotopic (exact) mass is 369 g/mol. The fourth-order valence-electron chi connectivity index (χ4n) is 4.77. The van der Waals surface area contributed by atoms with Gasteiger partial charge in [-0.2, -0.15) is 0 Å². The Morgan fingerprint density at radius 2 is 1.29 bits per heavy atom. The number of rotatable bonds is 6. The molecular formula is C27H31N. The summed E-state index contributed by atoms with van der Waals surface area (Å²) < 4.78 is 0. The number of nitrogens with one attached hydrogen (secondary N) is 1. The minimum Gasteiger partial charge on any atom is -0.306 e. The average Bonchev–Trinajstić information content (AvgIpc) is 3.21. The molecule has 3 atom stereocenters. The summed E-state index contributed by atoms with van der Waals surface area (Å²) in [6.45, 7) is 4.88. The second-order valence-electron chi connectivity index (χ2n) is 8.83. The van der Waals surface area contributed by atoms with Crippen LogP contribution in [0.4, 0.5) is 0 Å². The summed E-state index contributed by atoms with van der Waals surface area (Å²) >= 11 is 0. The van der Waals surface area contributed by atoms with Crippen LogP contribution in [0.5, 0.6) is 0 Å². The first-order valence-electron chi connectivity index (χ1n) is 10.5. The molecule has 0 bridgehead atoms. The lowest BCUT2D eigenvalue weighted by molar-refractivity contribution is 0.222. The van der Waals surface area contributed by atoms with E-state index in [9.17, 15) is 0 Å². The third kappa shape index (κ3) is 4.20. The largest absolute Gasteiger partial charge is 0.306 e. The molecule has 1 heterocycles. The smallest absolute Gasteiger partial charge is 0.0329 e. The first-order chi connectivity index (χ1) is 13.6. The normalized spacial score (nSPS) is 22.3. The molecule has 3 unspecified atom stereocenters. The molecule has 28 heavy (non-hydrogen) atoms. The van der Waals surface area contributed by atoms with Crippen LogP contribution in [0.3, 0.4) is 0 Å². The third-order valence-corrected chi connectivity index (χ3v) is 6.45. The van der Waals surface area contributed by atoms with E-state index in [2.05, 4.69) is 110 Å². The highest BCUT2D eigenvalue weighted by Gasteiger charge is 2.43. The van der Waals surface area contributed by atoms with Crippen molar-refractivity contribution >= 4 is 0 Å². The van der Waals surface area contributed by atoms with Gasteiger partial charge in [0, 0.05) is 18.0 Å². The lowest BCUT2D eigenvalue weighted by Gasteiger charge is -2.36. The van der Waals surface area contributed by atoms with Crippen LogP contribution in [0, 0.1) is 5.41 Å². The van der Waals surface area contributed by atoms with Crippen molar-refractivity contribution in [3.8, 4) is 0 Å². The zero-order valence-electron chi connectivity index (χ0n) is 17.0. The fraction of sp³-hybridized carbons (Fsp3) is 0.333. The molecule has 0 saturated carbocycles. The summed E-state index contributed by atoms with van der Waals surface area (Å²) in [5.74, 6) is 0.539. The molecule has 1 N–H and O–H groups in total. The topological polar surface area (TPSA) is 12.0 Å². The van der Waals surface area contributed by atoms with E-state index in [1.807, 2.05) is 0 Å². The summed E-state index contributed by atoms with van der Waals surface area (Å²) in [7, 11) is 0. The van der Waals surface area contributed by atoms with Gasteiger partial charge in [-0.1, -0.05) is 105 Å². The summed E-state index contributed by atoms with van der Waals surface area (Å²) in [6.07, 6.45) is 3.47. The molecule has 3 aromatic carbocycles. The molecule has 1 nitrogen and oxygen atoms in total. The molecule has 0 radical (unpaired) electrons. The van der Waals surface area contributed by atoms with E-state index < -0.39 is 0 Å². The SMILES string of the molecule is CC(C)(CCc1ccccc1)C1NC(c2ccccc2)CC1c1ccccc1. The molecule has 144 valence electrons. The number of aryl methyl sites for hydroxylation is 1. The van der Waals surface area contributed by atoms with Crippen LogP contribution in [0.15, 0.2) is 91.0 Å². The summed E-state index contributed by atoms with van der Waals surface area (Å²) in [5.41, 5.74) is 4.51. The maximum atomic E-state index is 4.03. The lowest BCUT2D eigenvalue weighted by atomic mass is 9.72. The predicted molar refractivity (Wildman–Crippen MR) is 118 cm³/mol. The number of benzene rings is 3.